The molecule has 1 aliphatic heterocycles. The molecule has 19 heavy (non-hydrogen) atoms. The predicted molar refractivity (Wildman–Crippen MR) is 81.1 cm³/mol. The lowest BCUT2D eigenvalue weighted by atomic mass is 9.83. The molecule has 1 aliphatic rings. The molecule has 0 radical (unpaired) electrons. The number of piperidine rings is 1. The standard InChI is InChI=1S/C17H22N2/c1-19-11-5-8-14(12-18)17(19)16-10-4-7-13-6-2-3-9-15(13)16/h2-4,6-7,9-10,14,17H,5,8,11-12,18H2,1H3. The first-order chi connectivity index (χ1) is 9.31. The van der Waals surface area contributed by atoms with Crippen molar-refractivity contribution in [2.24, 2.45) is 11.7 Å². The van der Waals surface area contributed by atoms with Gasteiger partial charge < -0.3 is 5.73 Å². The van der Waals surface area contributed by atoms with Gasteiger partial charge in [-0.25, -0.2) is 0 Å². The van der Waals surface area contributed by atoms with Crippen LogP contribution >= 0.6 is 0 Å². The van der Waals surface area contributed by atoms with Gasteiger partial charge in [-0.05, 0) is 55.2 Å². The summed E-state index contributed by atoms with van der Waals surface area (Å²) in [5.74, 6) is 0.574. The number of fused-ring (bicyclic) bond motifs is 1. The van der Waals surface area contributed by atoms with Gasteiger partial charge in [0.05, 0.1) is 0 Å². The van der Waals surface area contributed by atoms with E-state index in [4.69, 9.17) is 5.73 Å². The first kappa shape index (κ1) is 12.6. The fraction of sp³-hybridized carbons (Fsp3) is 0.412. The normalized spacial score (nSPS) is 24.7. The van der Waals surface area contributed by atoms with Gasteiger partial charge in [0.15, 0.2) is 0 Å². The Labute approximate surface area is 115 Å². The van der Waals surface area contributed by atoms with E-state index in [1.54, 1.807) is 0 Å². The number of rotatable bonds is 2. The van der Waals surface area contributed by atoms with Gasteiger partial charge in [0.2, 0.25) is 0 Å². The van der Waals surface area contributed by atoms with Crippen molar-refractivity contribution in [2.45, 2.75) is 18.9 Å². The molecule has 2 heteroatoms. The third kappa shape index (κ3) is 2.26. The maximum Gasteiger partial charge on any atom is 0.0391 e. The Hall–Kier alpha value is -1.38. The number of nitrogens with two attached hydrogens (primary N) is 1. The number of hydrogen-bond donors (Lipinski definition) is 1. The van der Waals surface area contributed by atoms with E-state index in [1.807, 2.05) is 0 Å². The second kappa shape index (κ2) is 5.32. The van der Waals surface area contributed by atoms with Crippen molar-refractivity contribution in [3.8, 4) is 0 Å². The number of likely N-dealkylation sites (tertiary alicyclic amines) is 1. The van der Waals surface area contributed by atoms with Crippen LogP contribution in [0.5, 0.6) is 0 Å². The van der Waals surface area contributed by atoms with E-state index in [-0.39, 0.29) is 0 Å². The second-order valence-electron chi connectivity index (χ2n) is 5.63. The fourth-order valence-corrected chi connectivity index (χ4v) is 3.51. The summed E-state index contributed by atoms with van der Waals surface area (Å²) in [5.41, 5.74) is 7.45. The van der Waals surface area contributed by atoms with Crippen LogP contribution in [0.1, 0.15) is 24.4 Å². The van der Waals surface area contributed by atoms with Gasteiger partial charge in [-0.1, -0.05) is 42.5 Å². The lowest BCUT2D eigenvalue weighted by Crippen LogP contribution is -2.39. The van der Waals surface area contributed by atoms with Crippen LogP contribution in [0.25, 0.3) is 10.8 Å². The molecule has 2 aromatic carbocycles. The van der Waals surface area contributed by atoms with Crippen molar-refractivity contribution in [3.63, 3.8) is 0 Å². The fourth-order valence-electron chi connectivity index (χ4n) is 3.51. The highest BCUT2D eigenvalue weighted by Gasteiger charge is 2.30. The van der Waals surface area contributed by atoms with E-state index in [1.165, 1.54) is 35.7 Å². The molecule has 100 valence electrons. The van der Waals surface area contributed by atoms with Crippen molar-refractivity contribution in [1.82, 2.24) is 4.90 Å². The quantitative estimate of drug-likeness (QED) is 0.892. The Morgan fingerprint density at radius 1 is 1.16 bits per heavy atom. The van der Waals surface area contributed by atoms with E-state index >= 15 is 0 Å². The van der Waals surface area contributed by atoms with E-state index in [9.17, 15) is 0 Å². The van der Waals surface area contributed by atoms with Crippen LogP contribution in [0.2, 0.25) is 0 Å². The molecule has 0 saturated carbocycles. The summed E-state index contributed by atoms with van der Waals surface area (Å²) in [6, 6.07) is 15.8. The minimum absolute atomic E-state index is 0.463. The first-order valence-electron chi connectivity index (χ1n) is 7.19. The third-order valence-corrected chi connectivity index (χ3v) is 4.45. The molecule has 0 bridgehead atoms. The lowest BCUT2D eigenvalue weighted by Gasteiger charge is -2.39. The molecule has 0 aliphatic carbocycles. The summed E-state index contributed by atoms with van der Waals surface area (Å²) in [6.07, 6.45) is 2.51. The molecular formula is C17H22N2. The number of hydrogen-bond acceptors (Lipinski definition) is 2. The summed E-state index contributed by atoms with van der Waals surface area (Å²) >= 11 is 0. The molecular weight excluding hydrogens is 232 g/mol. The van der Waals surface area contributed by atoms with Gasteiger partial charge in [0, 0.05) is 6.04 Å². The molecule has 1 saturated heterocycles. The average molecular weight is 254 g/mol. The summed E-state index contributed by atoms with van der Waals surface area (Å²) < 4.78 is 0. The molecule has 2 aromatic rings. The monoisotopic (exact) mass is 254 g/mol. The molecule has 2 atom stereocenters. The Bertz CT molecular complexity index is 559. The zero-order valence-electron chi connectivity index (χ0n) is 11.5. The first-order valence-corrected chi connectivity index (χ1v) is 7.19. The Balaban J connectivity index is 2.11. The van der Waals surface area contributed by atoms with Crippen molar-refractivity contribution in [3.05, 3.63) is 48.0 Å². The maximum atomic E-state index is 6.01. The summed E-state index contributed by atoms with van der Waals surface area (Å²) in [6.45, 7) is 1.95. The Kier molecular flexibility index (Phi) is 3.54. The SMILES string of the molecule is CN1CCCC(CN)C1c1cccc2ccccc12. The van der Waals surface area contributed by atoms with Crippen LogP contribution in [0, 0.1) is 5.92 Å². The van der Waals surface area contributed by atoms with Gasteiger partial charge >= 0.3 is 0 Å². The van der Waals surface area contributed by atoms with Crippen molar-refractivity contribution >= 4 is 10.8 Å². The van der Waals surface area contributed by atoms with E-state index in [0.29, 0.717) is 12.0 Å². The minimum Gasteiger partial charge on any atom is -0.330 e. The van der Waals surface area contributed by atoms with Gasteiger partial charge in [-0.15, -0.1) is 0 Å². The van der Waals surface area contributed by atoms with E-state index in [2.05, 4.69) is 54.4 Å². The third-order valence-electron chi connectivity index (χ3n) is 4.45. The summed E-state index contributed by atoms with van der Waals surface area (Å²) in [5, 5.41) is 2.71. The lowest BCUT2D eigenvalue weighted by molar-refractivity contribution is 0.126. The molecule has 0 amide bonds. The smallest absolute Gasteiger partial charge is 0.0391 e. The summed E-state index contributed by atoms with van der Waals surface area (Å²) in [4.78, 5) is 2.48. The molecule has 1 fully saturated rings. The average Bonchev–Trinajstić information content (AvgIpc) is 2.46. The van der Waals surface area contributed by atoms with Crippen LogP contribution in [0.15, 0.2) is 42.5 Å². The molecule has 0 aromatic heterocycles. The van der Waals surface area contributed by atoms with Crippen molar-refractivity contribution in [2.75, 3.05) is 20.1 Å². The Morgan fingerprint density at radius 2 is 1.95 bits per heavy atom. The van der Waals surface area contributed by atoms with Gasteiger partial charge in [0.1, 0.15) is 0 Å². The van der Waals surface area contributed by atoms with Gasteiger partial charge in [0.25, 0.3) is 0 Å². The Morgan fingerprint density at radius 3 is 2.79 bits per heavy atom. The highest BCUT2D eigenvalue weighted by molar-refractivity contribution is 5.86. The molecule has 2 N–H and O–H groups in total. The molecule has 2 nitrogen and oxygen atoms in total. The van der Waals surface area contributed by atoms with E-state index < -0.39 is 0 Å². The molecule has 2 unspecified atom stereocenters. The van der Waals surface area contributed by atoms with E-state index in [0.717, 1.165) is 6.54 Å². The summed E-state index contributed by atoms with van der Waals surface area (Å²) in [7, 11) is 2.23. The minimum atomic E-state index is 0.463. The van der Waals surface area contributed by atoms with Crippen molar-refractivity contribution in [1.29, 1.82) is 0 Å². The molecule has 3 rings (SSSR count). The number of benzene rings is 2. The van der Waals surface area contributed by atoms with Crippen LogP contribution in [0.4, 0.5) is 0 Å². The van der Waals surface area contributed by atoms with Crippen molar-refractivity contribution < 1.29 is 0 Å². The topological polar surface area (TPSA) is 29.3 Å². The molecule has 0 spiro atoms. The van der Waals surface area contributed by atoms with Crippen LogP contribution < -0.4 is 5.73 Å². The largest absolute Gasteiger partial charge is 0.330 e. The molecule has 1 heterocycles. The van der Waals surface area contributed by atoms with Crippen LogP contribution in [-0.4, -0.2) is 25.0 Å². The zero-order valence-corrected chi connectivity index (χ0v) is 11.5. The maximum absolute atomic E-state index is 6.01. The van der Waals surface area contributed by atoms with Crippen LogP contribution in [0.3, 0.4) is 0 Å². The highest BCUT2D eigenvalue weighted by atomic mass is 15.1. The highest BCUT2D eigenvalue weighted by Crippen LogP contribution is 2.37. The second-order valence-corrected chi connectivity index (χ2v) is 5.63. The van der Waals surface area contributed by atoms with Crippen LogP contribution in [-0.2, 0) is 0 Å². The van der Waals surface area contributed by atoms with Gasteiger partial charge in [-0.3, -0.25) is 4.90 Å². The van der Waals surface area contributed by atoms with Gasteiger partial charge in [-0.2, -0.15) is 0 Å². The zero-order chi connectivity index (χ0) is 13.2. The number of nitrogens with zero attached hydrogens (tertiary/aromatic N) is 1. The predicted octanol–water partition coefficient (Wildman–Crippen LogP) is 3.18.